The van der Waals surface area contributed by atoms with Crippen molar-refractivity contribution in [2.24, 2.45) is 0 Å². The summed E-state index contributed by atoms with van der Waals surface area (Å²) in [4.78, 5) is 0. The van der Waals surface area contributed by atoms with Gasteiger partial charge in [-0.05, 0) is 48.0 Å². The van der Waals surface area contributed by atoms with Crippen LogP contribution in [0, 0.1) is 5.82 Å². The largest absolute Gasteiger partial charge is 0.425 e. The van der Waals surface area contributed by atoms with Gasteiger partial charge >= 0.3 is 6.18 Å². The van der Waals surface area contributed by atoms with E-state index in [1.807, 2.05) is 0 Å². The maximum atomic E-state index is 14.4. The monoisotopic (exact) mass is 456 g/mol. The summed E-state index contributed by atoms with van der Waals surface area (Å²) in [7, 11) is 3.32. The molecule has 2 aromatic heterocycles. The van der Waals surface area contributed by atoms with Gasteiger partial charge in [0.15, 0.2) is 0 Å². The maximum Gasteiger partial charge on any atom is 0.425 e. The summed E-state index contributed by atoms with van der Waals surface area (Å²) in [5.74, 6) is -0.415. The lowest BCUT2D eigenvalue weighted by atomic mass is 9.85. The third-order valence-corrected chi connectivity index (χ3v) is 5.43. The Morgan fingerprint density at radius 2 is 1.79 bits per heavy atom. The number of nitrogens with zero attached hydrogens (tertiary/aromatic N) is 4. The first kappa shape index (κ1) is 22.4. The summed E-state index contributed by atoms with van der Waals surface area (Å²) < 4.78 is 59.5. The lowest BCUT2D eigenvalue weighted by Crippen LogP contribution is -2.44. The predicted octanol–water partition coefficient (Wildman–Crippen LogP) is 4.76. The highest BCUT2D eigenvalue weighted by molar-refractivity contribution is 5.81. The zero-order valence-corrected chi connectivity index (χ0v) is 17.8. The molecule has 0 spiro atoms. The van der Waals surface area contributed by atoms with Crippen LogP contribution in [0.5, 0.6) is 0 Å². The molecule has 0 fully saturated rings. The molecule has 33 heavy (non-hydrogen) atoms. The molecule has 1 atom stereocenters. The van der Waals surface area contributed by atoms with Gasteiger partial charge in [-0.25, -0.2) is 9.07 Å². The van der Waals surface area contributed by atoms with Gasteiger partial charge in [0.25, 0.3) is 0 Å². The van der Waals surface area contributed by atoms with Gasteiger partial charge in [-0.15, -0.1) is 5.73 Å². The van der Waals surface area contributed by atoms with E-state index in [4.69, 9.17) is 0 Å². The van der Waals surface area contributed by atoms with Gasteiger partial charge in [-0.3, -0.25) is 4.68 Å². The number of hydrogen-bond acceptors (Lipinski definition) is 3. The van der Waals surface area contributed by atoms with Crippen LogP contribution in [-0.2, 0) is 5.60 Å². The van der Waals surface area contributed by atoms with Crippen LogP contribution in [0.2, 0.25) is 0 Å². The average molecular weight is 456 g/mol. The number of rotatable bonds is 5. The molecule has 2 heterocycles. The number of aliphatic hydroxyl groups is 1. The van der Waals surface area contributed by atoms with Crippen molar-refractivity contribution >= 4 is 17.0 Å². The standard InChI is InChI=1S/C24H20F4N4O/c1-4-5-22-20(12-13-31(22)30(2)3)23(33,24(26,27)28)17-6-11-21-16(14-17)15-29-32(21)19-9-7-18(25)8-10-19/h5-15,33H,1H2,2-3H3. The third-order valence-electron chi connectivity index (χ3n) is 5.43. The molecule has 0 saturated heterocycles. The quantitative estimate of drug-likeness (QED) is 0.348. The van der Waals surface area contributed by atoms with E-state index in [0.29, 0.717) is 16.6 Å². The van der Waals surface area contributed by atoms with Crippen LogP contribution < -0.4 is 5.01 Å². The summed E-state index contributed by atoms with van der Waals surface area (Å²) in [6.07, 6.45) is -0.915. The zero-order chi connectivity index (χ0) is 24.0. The smallest absolute Gasteiger partial charge is 0.372 e. The Morgan fingerprint density at radius 1 is 1.09 bits per heavy atom. The summed E-state index contributed by atoms with van der Waals surface area (Å²) in [6, 6.07) is 10.7. The molecule has 4 aromatic rings. The van der Waals surface area contributed by atoms with Gasteiger partial charge in [-0.2, -0.15) is 18.3 Å². The minimum absolute atomic E-state index is 0.0944. The Labute approximate surface area is 187 Å². The molecule has 9 heteroatoms. The molecule has 0 aliphatic carbocycles. The molecule has 0 radical (unpaired) electrons. The van der Waals surface area contributed by atoms with Gasteiger partial charge in [0.05, 0.1) is 23.1 Å². The second kappa shape index (κ2) is 7.95. The summed E-state index contributed by atoms with van der Waals surface area (Å²) in [5, 5.41) is 17.4. The number of fused-ring (bicyclic) bond motifs is 1. The van der Waals surface area contributed by atoms with Crippen molar-refractivity contribution in [1.82, 2.24) is 14.5 Å². The van der Waals surface area contributed by atoms with Crippen LogP contribution in [-0.4, -0.2) is 39.8 Å². The van der Waals surface area contributed by atoms with Crippen LogP contribution in [0.1, 0.15) is 16.8 Å². The van der Waals surface area contributed by atoms with E-state index in [0.717, 1.165) is 0 Å². The molecule has 1 unspecified atom stereocenters. The highest BCUT2D eigenvalue weighted by Crippen LogP contribution is 2.46. The molecule has 0 aliphatic heterocycles. The maximum absolute atomic E-state index is 14.4. The van der Waals surface area contributed by atoms with Crippen molar-refractivity contribution in [2.45, 2.75) is 11.8 Å². The van der Waals surface area contributed by atoms with Crippen LogP contribution in [0.3, 0.4) is 0 Å². The highest BCUT2D eigenvalue weighted by Gasteiger charge is 2.57. The second-order valence-electron chi connectivity index (χ2n) is 7.67. The molecule has 5 nitrogen and oxygen atoms in total. The highest BCUT2D eigenvalue weighted by atomic mass is 19.4. The summed E-state index contributed by atoms with van der Waals surface area (Å²) >= 11 is 0. The Balaban J connectivity index is 1.91. The van der Waals surface area contributed by atoms with E-state index in [9.17, 15) is 22.7 Å². The van der Waals surface area contributed by atoms with E-state index >= 15 is 0 Å². The molecule has 0 amide bonds. The van der Waals surface area contributed by atoms with Gasteiger partial charge in [0.1, 0.15) is 5.82 Å². The Morgan fingerprint density at radius 3 is 2.39 bits per heavy atom. The second-order valence-corrected chi connectivity index (χ2v) is 7.67. The molecule has 170 valence electrons. The fourth-order valence-corrected chi connectivity index (χ4v) is 3.85. The normalized spacial score (nSPS) is 13.5. The van der Waals surface area contributed by atoms with Crippen molar-refractivity contribution in [1.29, 1.82) is 0 Å². The Hall–Kier alpha value is -3.81. The molecule has 1 N–H and O–H groups in total. The lowest BCUT2D eigenvalue weighted by molar-refractivity contribution is -0.248. The minimum Gasteiger partial charge on any atom is -0.372 e. The first-order valence-electron chi connectivity index (χ1n) is 9.86. The number of halogens is 4. The molecular formula is C24H20F4N4O. The summed E-state index contributed by atoms with van der Waals surface area (Å²) in [5.41, 5.74) is -0.380. The molecule has 0 aliphatic rings. The topological polar surface area (TPSA) is 46.2 Å². The van der Waals surface area contributed by atoms with Crippen molar-refractivity contribution in [2.75, 3.05) is 19.1 Å². The molecule has 4 rings (SSSR count). The Bertz CT molecular complexity index is 1360. The first-order valence-corrected chi connectivity index (χ1v) is 9.86. The fourth-order valence-electron chi connectivity index (χ4n) is 3.85. The predicted molar refractivity (Wildman–Crippen MR) is 118 cm³/mol. The molecule has 0 saturated carbocycles. The van der Waals surface area contributed by atoms with Crippen LogP contribution >= 0.6 is 0 Å². The van der Waals surface area contributed by atoms with Crippen LogP contribution in [0.25, 0.3) is 22.7 Å². The minimum atomic E-state index is -5.03. The molecule has 0 bridgehead atoms. The Kier molecular flexibility index (Phi) is 5.40. The summed E-state index contributed by atoms with van der Waals surface area (Å²) in [6.45, 7) is 3.46. The van der Waals surface area contributed by atoms with E-state index in [1.54, 1.807) is 19.1 Å². The van der Waals surface area contributed by atoms with E-state index in [-0.39, 0.29) is 16.8 Å². The molecular weight excluding hydrogens is 436 g/mol. The van der Waals surface area contributed by atoms with Crippen LogP contribution in [0.15, 0.2) is 73.2 Å². The zero-order valence-electron chi connectivity index (χ0n) is 17.8. The van der Waals surface area contributed by atoms with Crippen molar-refractivity contribution in [3.8, 4) is 5.69 Å². The van der Waals surface area contributed by atoms with Gasteiger partial charge in [0.2, 0.25) is 5.60 Å². The van der Waals surface area contributed by atoms with Crippen molar-refractivity contribution < 1.29 is 22.7 Å². The SMILES string of the molecule is C=C=Cc1c(C(O)(c2ccc3c(cnn3-c3ccc(F)cc3)c2)C(F)(F)F)ccn1N(C)C. The van der Waals surface area contributed by atoms with E-state index < -0.39 is 17.6 Å². The van der Waals surface area contributed by atoms with Gasteiger partial charge in [0, 0.05) is 37.3 Å². The fraction of sp³-hybridized carbons (Fsp3) is 0.167. The lowest BCUT2D eigenvalue weighted by Gasteiger charge is -2.32. The van der Waals surface area contributed by atoms with E-state index in [2.05, 4.69) is 17.4 Å². The number of hydrogen-bond donors (Lipinski definition) is 1. The third kappa shape index (κ3) is 3.61. The average Bonchev–Trinajstić information content (AvgIpc) is 3.37. The molecule has 2 aromatic carbocycles. The van der Waals surface area contributed by atoms with Gasteiger partial charge < -0.3 is 10.1 Å². The first-order chi connectivity index (χ1) is 15.6. The van der Waals surface area contributed by atoms with Gasteiger partial charge in [-0.1, -0.05) is 12.6 Å². The van der Waals surface area contributed by atoms with Crippen molar-refractivity contribution in [3.05, 3.63) is 95.9 Å². The van der Waals surface area contributed by atoms with Crippen molar-refractivity contribution in [3.63, 3.8) is 0 Å². The van der Waals surface area contributed by atoms with E-state index in [1.165, 1.54) is 76.4 Å². The van der Waals surface area contributed by atoms with Crippen LogP contribution in [0.4, 0.5) is 17.6 Å². The number of aromatic nitrogens is 3. The number of benzene rings is 2. The number of alkyl halides is 3.